The van der Waals surface area contributed by atoms with Gasteiger partial charge in [-0.25, -0.2) is 18.6 Å². The van der Waals surface area contributed by atoms with Crippen molar-refractivity contribution in [2.24, 2.45) is 5.10 Å². The number of carbonyl (C=O) groups excluding carboxylic acids is 1. The number of hydrazone groups is 1. The summed E-state index contributed by atoms with van der Waals surface area (Å²) >= 11 is 3.40. The summed E-state index contributed by atoms with van der Waals surface area (Å²) in [4.78, 5) is 12.7. The van der Waals surface area contributed by atoms with Gasteiger partial charge in [-0.3, -0.25) is 4.79 Å². The number of ether oxygens (including phenoxy) is 1. The molecule has 0 unspecified atom stereocenters. The molecule has 0 spiro atoms. The summed E-state index contributed by atoms with van der Waals surface area (Å²) in [5, 5.41) is 3.99. The Hall–Kier alpha value is -3.01. The zero-order valence-electron chi connectivity index (χ0n) is 18.2. The molecule has 0 aromatic heterocycles. The molecule has 33 heavy (non-hydrogen) atoms. The van der Waals surface area contributed by atoms with Gasteiger partial charge < -0.3 is 4.74 Å². The number of hydrogen-bond acceptors (Lipinski definition) is 5. The van der Waals surface area contributed by atoms with Crippen LogP contribution in [0.15, 0.2) is 87.3 Å². The van der Waals surface area contributed by atoms with Gasteiger partial charge in [0.25, 0.3) is 0 Å². The molecular weight excluding hydrogens is 506 g/mol. The number of nitrogens with one attached hydrogen (secondary N) is 2. The zero-order valence-corrected chi connectivity index (χ0v) is 20.6. The third kappa shape index (κ3) is 6.98. The highest BCUT2D eigenvalue weighted by atomic mass is 79.9. The van der Waals surface area contributed by atoms with Gasteiger partial charge in [0.05, 0.1) is 28.7 Å². The van der Waals surface area contributed by atoms with Crippen LogP contribution in [-0.4, -0.2) is 27.6 Å². The first-order valence-corrected chi connectivity index (χ1v) is 12.4. The van der Waals surface area contributed by atoms with E-state index in [9.17, 15) is 13.2 Å². The maximum Gasteiger partial charge on any atom is 0.242 e. The topological polar surface area (TPSA) is 96.9 Å². The van der Waals surface area contributed by atoms with Crippen LogP contribution in [0.3, 0.4) is 0 Å². The minimum atomic E-state index is -3.83. The van der Waals surface area contributed by atoms with Gasteiger partial charge in [-0.1, -0.05) is 48.0 Å². The molecule has 0 saturated heterocycles. The normalized spacial score (nSPS) is 12.5. The fourth-order valence-corrected chi connectivity index (χ4v) is 4.84. The van der Waals surface area contributed by atoms with Crippen LogP contribution in [0, 0.1) is 6.92 Å². The average molecular weight is 530 g/mol. The first-order valence-electron chi connectivity index (χ1n) is 10.1. The van der Waals surface area contributed by atoms with Crippen molar-refractivity contribution in [3.8, 4) is 5.75 Å². The molecule has 0 radical (unpaired) electrons. The molecule has 0 aliphatic heterocycles. The van der Waals surface area contributed by atoms with Crippen molar-refractivity contribution in [2.45, 2.75) is 24.3 Å². The lowest BCUT2D eigenvalue weighted by atomic mass is 10.0. The van der Waals surface area contributed by atoms with Crippen molar-refractivity contribution < 1.29 is 17.9 Å². The smallest absolute Gasteiger partial charge is 0.242 e. The van der Waals surface area contributed by atoms with E-state index in [4.69, 9.17) is 4.74 Å². The van der Waals surface area contributed by atoms with E-state index in [1.807, 2.05) is 13.0 Å². The van der Waals surface area contributed by atoms with E-state index in [1.165, 1.54) is 18.3 Å². The number of rotatable bonds is 9. The molecule has 0 fully saturated rings. The Kier molecular flexibility index (Phi) is 8.37. The maximum atomic E-state index is 12.9. The highest BCUT2D eigenvalue weighted by molar-refractivity contribution is 9.10. The van der Waals surface area contributed by atoms with Crippen molar-refractivity contribution in [2.75, 3.05) is 7.11 Å². The standard InChI is InChI=1S/C24H24BrN3O4S/c1-17-8-11-20(12-9-17)33(30,31)28-22(19-6-4-3-5-7-19)15-24(29)27-26-16-18-10-13-23(32-2)21(25)14-18/h3-14,16,22,28H,15H2,1-2H3,(H,27,29)/b26-16-/t22-/m0/s1. The molecule has 172 valence electrons. The first kappa shape index (κ1) is 24.6. The lowest BCUT2D eigenvalue weighted by Crippen LogP contribution is -2.32. The lowest BCUT2D eigenvalue weighted by molar-refractivity contribution is -0.121. The molecule has 1 atom stereocenters. The summed E-state index contributed by atoms with van der Waals surface area (Å²) in [7, 11) is -2.26. The van der Waals surface area contributed by atoms with E-state index in [0.29, 0.717) is 11.3 Å². The van der Waals surface area contributed by atoms with Gasteiger partial charge in [0, 0.05) is 6.42 Å². The number of nitrogens with zero attached hydrogens (tertiary/aromatic N) is 1. The van der Waals surface area contributed by atoms with Crippen molar-refractivity contribution in [3.05, 3.63) is 94.0 Å². The molecule has 3 rings (SSSR count). The molecule has 7 nitrogen and oxygen atoms in total. The highest BCUT2D eigenvalue weighted by Gasteiger charge is 2.23. The summed E-state index contributed by atoms with van der Waals surface area (Å²) < 4.78 is 34.4. The maximum absolute atomic E-state index is 12.9. The zero-order chi connectivity index (χ0) is 23.8. The Morgan fingerprint density at radius 2 is 1.79 bits per heavy atom. The summed E-state index contributed by atoms with van der Waals surface area (Å²) in [6.07, 6.45) is 1.37. The van der Waals surface area contributed by atoms with Gasteiger partial charge in [0.2, 0.25) is 15.9 Å². The second-order valence-corrected chi connectivity index (χ2v) is 9.86. The first-order chi connectivity index (χ1) is 15.8. The Balaban J connectivity index is 1.72. The molecule has 0 bridgehead atoms. The van der Waals surface area contributed by atoms with Crippen LogP contribution in [0.5, 0.6) is 5.75 Å². The monoisotopic (exact) mass is 529 g/mol. The third-order valence-corrected chi connectivity index (χ3v) is 6.91. The van der Waals surface area contributed by atoms with E-state index in [0.717, 1.165) is 15.6 Å². The van der Waals surface area contributed by atoms with Crippen LogP contribution >= 0.6 is 15.9 Å². The van der Waals surface area contributed by atoms with Crippen molar-refractivity contribution in [3.63, 3.8) is 0 Å². The van der Waals surface area contributed by atoms with E-state index in [1.54, 1.807) is 61.7 Å². The highest BCUT2D eigenvalue weighted by Crippen LogP contribution is 2.25. The third-order valence-electron chi connectivity index (χ3n) is 4.80. The largest absolute Gasteiger partial charge is 0.496 e. The predicted octanol–water partition coefficient (Wildman–Crippen LogP) is 4.33. The molecule has 9 heteroatoms. The Morgan fingerprint density at radius 1 is 1.09 bits per heavy atom. The number of hydrogen-bond donors (Lipinski definition) is 2. The van der Waals surface area contributed by atoms with Crippen molar-refractivity contribution >= 4 is 38.1 Å². The number of aryl methyl sites for hydroxylation is 1. The minimum absolute atomic E-state index is 0.126. The van der Waals surface area contributed by atoms with Crippen LogP contribution in [-0.2, 0) is 14.8 Å². The lowest BCUT2D eigenvalue weighted by Gasteiger charge is -2.18. The van der Waals surface area contributed by atoms with Crippen LogP contribution in [0.2, 0.25) is 0 Å². The Morgan fingerprint density at radius 3 is 2.42 bits per heavy atom. The fourth-order valence-electron chi connectivity index (χ4n) is 3.06. The molecule has 2 N–H and O–H groups in total. The number of benzene rings is 3. The van der Waals surface area contributed by atoms with Crippen LogP contribution in [0.25, 0.3) is 0 Å². The molecular formula is C24H24BrN3O4S. The van der Waals surface area contributed by atoms with Crippen molar-refractivity contribution in [1.29, 1.82) is 0 Å². The second kappa shape index (κ2) is 11.2. The van der Waals surface area contributed by atoms with Crippen molar-refractivity contribution in [1.82, 2.24) is 10.1 Å². The molecule has 3 aromatic carbocycles. The Bertz CT molecular complexity index is 1230. The average Bonchev–Trinajstić information content (AvgIpc) is 2.79. The summed E-state index contributed by atoms with van der Waals surface area (Å²) in [5.74, 6) is 0.252. The van der Waals surface area contributed by atoms with E-state index in [2.05, 4.69) is 31.2 Å². The van der Waals surface area contributed by atoms with Crippen LogP contribution < -0.4 is 14.9 Å². The van der Waals surface area contributed by atoms with Gasteiger partial charge in [0.15, 0.2) is 0 Å². The van der Waals surface area contributed by atoms with Crippen LogP contribution in [0.4, 0.5) is 0 Å². The van der Waals surface area contributed by atoms with E-state index in [-0.39, 0.29) is 11.3 Å². The molecule has 0 heterocycles. The number of methoxy groups -OCH3 is 1. The fraction of sp³-hybridized carbons (Fsp3) is 0.167. The predicted molar refractivity (Wildman–Crippen MR) is 132 cm³/mol. The number of sulfonamides is 1. The van der Waals surface area contributed by atoms with Gasteiger partial charge >= 0.3 is 0 Å². The van der Waals surface area contributed by atoms with Gasteiger partial charge in [-0.05, 0) is 64.3 Å². The van der Waals surface area contributed by atoms with E-state index < -0.39 is 22.0 Å². The number of halogens is 1. The summed E-state index contributed by atoms with van der Waals surface area (Å²) in [6.45, 7) is 1.88. The Labute approximate surface area is 202 Å². The number of amides is 1. The van der Waals surface area contributed by atoms with Gasteiger partial charge in [-0.15, -0.1) is 0 Å². The SMILES string of the molecule is COc1ccc(/C=N\NC(=O)C[C@H](NS(=O)(=O)c2ccc(C)cc2)c2ccccc2)cc1Br. The minimum Gasteiger partial charge on any atom is -0.496 e. The molecule has 0 aliphatic rings. The summed E-state index contributed by atoms with van der Waals surface area (Å²) in [5.41, 5.74) is 4.84. The van der Waals surface area contributed by atoms with E-state index >= 15 is 0 Å². The summed E-state index contributed by atoms with van der Waals surface area (Å²) in [6, 6.07) is 20.1. The quantitative estimate of drug-likeness (QED) is 0.318. The molecule has 3 aromatic rings. The molecule has 0 aliphatic carbocycles. The molecule has 1 amide bonds. The van der Waals surface area contributed by atoms with Crippen LogP contribution in [0.1, 0.15) is 29.2 Å². The second-order valence-electron chi connectivity index (χ2n) is 7.29. The van der Waals surface area contributed by atoms with Gasteiger partial charge in [-0.2, -0.15) is 5.10 Å². The molecule has 0 saturated carbocycles. The van der Waals surface area contributed by atoms with Gasteiger partial charge in [0.1, 0.15) is 5.75 Å². The number of carbonyl (C=O) groups is 1.